The molecule has 7 N–H and O–H groups in total. The molecule has 0 aliphatic rings. The summed E-state index contributed by atoms with van der Waals surface area (Å²) in [6.07, 6.45) is 0. The average Bonchev–Trinajstić information content (AvgIpc) is 3.27. The number of hydrogen-bond acceptors (Lipinski definition) is 8. The number of rotatable bonds is 5. The number of halogens is 2. The van der Waals surface area contributed by atoms with E-state index in [-0.39, 0.29) is 11.7 Å². The Kier molecular flexibility index (Phi) is 4.97. The van der Waals surface area contributed by atoms with Gasteiger partial charge in [-0.25, -0.2) is 21.0 Å². The number of nitrogens with zero attached hydrogens (tertiary/aromatic N) is 5. The van der Waals surface area contributed by atoms with E-state index in [1.165, 1.54) is 0 Å². The molecule has 2 aromatic heterocycles. The summed E-state index contributed by atoms with van der Waals surface area (Å²) in [5.41, 5.74) is 17.3. The van der Waals surface area contributed by atoms with E-state index in [9.17, 15) is 0 Å². The van der Waals surface area contributed by atoms with Gasteiger partial charge in [0.25, 0.3) is 0 Å². The van der Waals surface area contributed by atoms with E-state index in [1.54, 1.807) is 12.1 Å². The maximum absolute atomic E-state index is 6.23. The van der Waals surface area contributed by atoms with Crippen LogP contribution in [0.5, 0.6) is 0 Å². The van der Waals surface area contributed by atoms with Crippen molar-refractivity contribution in [2.24, 2.45) is 16.7 Å². The van der Waals surface area contributed by atoms with Crippen molar-refractivity contribution in [3.05, 3.63) is 57.6 Å². The molecule has 0 spiro atoms. The summed E-state index contributed by atoms with van der Waals surface area (Å²) in [6.45, 7) is 0.447. The molecule has 2 heterocycles. The van der Waals surface area contributed by atoms with E-state index in [0.29, 0.717) is 33.6 Å². The average molecular weight is 432 g/mol. The lowest BCUT2D eigenvalue weighted by Gasteiger charge is -2.09. The minimum absolute atomic E-state index is 0.132. The first-order valence-electron chi connectivity index (χ1n) is 8.29. The van der Waals surface area contributed by atoms with E-state index in [4.69, 9.17) is 45.1 Å². The van der Waals surface area contributed by atoms with Crippen LogP contribution in [-0.4, -0.2) is 25.7 Å². The van der Waals surface area contributed by atoms with Crippen LogP contribution in [0.1, 0.15) is 11.1 Å². The minimum Gasteiger partial charge on any atom is -0.382 e. The topological polar surface area (TPSA) is 159 Å². The second-order valence-corrected chi connectivity index (χ2v) is 6.91. The maximum atomic E-state index is 6.23. The third-order valence-electron chi connectivity index (χ3n) is 4.29. The zero-order valence-electron chi connectivity index (χ0n) is 14.8. The summed E-state index contributed by atoms with van der Waals surface area (Å²) >= 11 is 12.4. The van der Waals surface area contributed by atoms with Crippen LogP contribution >= 0.6 is 23.2 Å². The Bertz CT molecular complexity index is 1210. The Labute approximate surface area is 174 Å². The molecular formula is C17H15Cl2N9O. The van der Waals surface area contributed by atoms with Gasteiger partial charge in [-0.3, -0.25) is 0 Å². The molecule has 2 aromatic carbocycles. The zero-order chi connectivity index (χ0) is 20.5. The molecular weight excluding hydrogens is 417 g/mol. The molecule has 29 heavy (non-hydrogen) atoms. The van der Waals surface area contributed by atoms with Crippen LogP contribution in [0.3, 0.4) is 0 Å². The normalized spacial score (nSPS) is 11.9. The predicted octanol–water partition coefficient (Wildman–Crippen LogP) is 2.11. The van der Waals surface area contributed by atoms with Crippen LogP contribution in [-0.2, 0) is 6.54 Å². The first-order valence-corrected chi connectivity index (χ1v) is 9.05. The number of nitrogens with one attached hydrogen (secondary N) is 1. The Morgan fingerprint density at radius 2 is 1.86 bits per heavy atom. The van der Waals surface area contributed by atoms with Crippen molar-refractivity contribution in [2.45, 2.75) is 6.54 Å². The van der Waals surface area contributed by atoms with E-state index in [1.807, 2.05) is 28.8 Å². The number of benzene rings is 2. The fourth-order valence-electron chi connectivity index (χ4n) is 2.91. The van der Waals surface area contributed by atoms with Crippen molar-refractivity contribution >= 4 is 45.9 Å². The smallest absolute Gasteiger partial charge is 0.199 e. The monoisotopic (exact) mass is 431 g/mol. The molecule has 0 aliphatic carbocycles. The van der Waals surface area contributed by atoms with Crippen LogP contribution < -0.4 is 22.8 Å². The number of anilines is 1. The van der Waals surface area contributed by atoms with Crippen LogP contribution in [0.25, 0.3) is 22.6 Å². The molecule has 0 radical (unpaired) electrons. The van der Waals surface area contributed by atoms with Crippen LogP contribution in [0.4, 0.5) is 5.82 Å². The van der Waals surface area contributed by atoms with E-state index in [0.717, 1.165) is 16.6 Å². The number of hydrazine groups is 1. The van der Waals surface area contributed by atoms with Gasteiger partial charge in [0.05, 0.1) is 21.1 Å². The first kappa shape index (κ1) is 19.0. The first-order chi connectivity index (χ1) is 14.0. The molecule has 0 amide bonds. The minimum atomic E-state index is 0.132. The third kappa shape index (κ3) is 3.56. The molecule has 0 saturated heterocycles. The van der Waals surface area contributed by atoms with Gasteiger partial charge in [0.2, 0.25) is 0 Å². The molecule has 0 unspecified atom stereocenters. The molecule has 148 valence electrons. The molecule has 0 saturated carbocycles. The van der Waals surface area contributed by atoms with Crippen molar-refractivity contribution < 1.29 is 4.63 Å². The Morgan fingerprint density at radius 3 is 2.52 bits per heavy atom. The lowest BCUT2D eigenvalue weighted by Crippen LogP contribution is -2.22. The maximum Gasteiger partial charge on any atom is 0.199 e. The van der Waals surface area contributed by atoms with Crippen molar-refractivity contribution in [3.63, 3.8) is 0 Å². The molecule has 10 nitrogen and oxygen atoms in total. The van der Waals surface area contributed by atoms with Gasteiger partial charge in [0.1, 0.15) is 0 Å². The molecule has 0 aliphatic heterocycles. The summed E-state index contributed by atoms with van der Waals surface area (Å²) in [7, 11) is 0. The summed E-state index contributed by atoms with van der Waals surface area (Å²) in [5, 5.41) is 12.1. The van der Waals surface area contributed by atoms with Gasteiger partial charge in [-0.05, 0) is 28.0 Å². The van der Waals surface area contributed by atoms with Gasteiger partial charge in [-0.1, -0.05) is 47.5 Å². The Balaban J connectivity index is 1.81. The highest BCUT2D eigenvalue weighted by Crippen LogP contribution is 2.32. The van der Waals surface area contributed by atoms with Crippen LogP contribution in [0, 0.1) is 0 Å². The number of hydrogen-bond donors (Lipinski definition) is 4. The summed E-state index contributed by atoms with van der Waals surface area (Å²) in [6, 6.07) is 10.9. The lowest BCUT2D eigenvalue weighted by molar-refractivity contribution is 0.310. The highest BCUT2D eigenvalue weighted by Gasteiger charge is 2.20. The second-order valence-electron chi connectivity index (χ2n) is 6.10. The molecule has 0 bridgehead atoms. The lowest BCUT2D eigenvalue weighted by atomic mass is 10.1. The van der Waals surface area contributed by atoms with Gasteiger partial charge in [-0.2, -0.15) is 0 Å². The fraction of sp³-hybridized carbons (Fsp3) is 0.0588. The number of amidine groups is 1. The Morgan fingerprint density at radius 1 is 1.14 bits per heavy atom. The van der Waals surface area contributed by atoms with E-state index in [2.05, 4.69) is 25.9 Å². The number of nitrogens with two attached hydrogens (primary N) is 3. The summed E-state index contributed by atoms with van der Waals surface area (Å²) < 4.78 is 6.64. The van der Waals surface area contributed by atoms with Crippen molar-refractivity contribution in [1.29, 1.82) is 0 Å². The molecule has 4 aromatic rings. The van der Waals surface area contributed by atoms with Gasteiger partial charge in [-0.15, -0.1) is 5.10 Å². The van der Waals surface area contributed by atoms with Gasteiger partial charge in [0.15, 0.2) is 23.2 Å². The fourth-order valence-corrected chi connectivity index (χ4v) is 3.22. The van der Waals surface area contributed by atoms with Gasteiger partial charge < -0.3 is 16.0 Å². The Hall–Kier alpha value is -3.34. The quantitative estimate of drug-likeness (QED) is 0.161. The van der Waals surface area contributed by atoms with Gasteiger partial charge in [0, 0.05) is 12.1 Å². The highest BCUT2D eigenvalue weighted by molar-refractivity contribution is 6.42. The SMILES string of the molecule is NN/N=C(\N)c1ccc(Cn2c(-c3nonc3N)nc3cc(Cl)c(Cl)cc32)cc1. The standard InChI is InChI=1S/C17H15Cl2N9O/c18-10-5-12-13(6-11(10)19)28(17(23-12)14-16(21)26-29-25-14)7-8-1-3-9(4-2-8)15(20)24-27-22/h1-6,27H,7,22H2,(H2,20,24)(H2,21,26). The predicted molar refractivity (Wildman–Crippen MR) is 111 cm³/mol. The van der Waals surface area contributed by atoms with E-state index >= 15 is 0 Å². The van der Waals surface area contributed by atoms with Crippen molar-refractivity contribution in [1.82, 2.24) is 25.4 Å². The largest absolute Gasteiger partial charge is 0.382 e. The molecule has 0 fully saturated rings. The number of nitrogen functional groups attached to an aromatic ring is 1. The van der Waals surface area contributed by atoms with Crippen molar-refractivity contribution in [2.75, 3.05) is 5.73 Å². The molecule has 4 rings (SSSR count). The summed E-state index contributed by atoms with van der Waals surface area (Å²) in [5.74, 6) is 6.05. The van der Waals surface area contributed by atoms with E-state index < -0.39 is 0 Å². The number of imidazole rings is 1. The number of fused-ring (bicyclic) bond motifs is 1. The zero-order valence-corrected chi connectivity index (χ0v) is 16.3. The summed E-state index contributed by atoms with van der Waals surface area (Å²) in [4.78, 5) is 4.60. The van der Waals surface area contributed by atoms with Crippen molar-refractivity contribution in [3.8, 4) is 11.5 Å². The molecule has 12 heteroatoms. The van der Waals surface area contributed by atoms with Gasteiger partial charge >= 0.3 is 0 Å². The molecule has 0 atom stereocenters. The second kappa shape index (κ2) is 7.59. The number of aromatic nitrogens is 4. The highest BCUT2D eigenvalue weighted by atomic mass is 35.5. The van der Waals surface area contributed by atoms with Crippen LogP contribution in [0.15, 0.2) is 46.1 Å². The van der Waals surface area contributed by atoms with Crippen LogP contribution in [0.2, 0.25) is 10.0 Å². The third-order valence-corrected chi connectivity index (χ3v) is 5.01. The number of hydrazone groups is 1.